The van der Waals surface area contributed by atoms with Gasteiger partial charge >= 0.3 is 0 Å². The predicted molar refractivity (Wildman–Crippen MR) is 171 cm³/mol. The van der Waals surface area contributed by atoms with Gasteiger partial charge in [0, 0.05) is 38.6 Å². The summed E-state index contributed by atoms with van der Waals surface area (Å²) in [6.07, 6.45) is 0. The van der Waals surface area contributed by atoms with Gasteiger partial charge in [0.1, 0.15) is 0 Å². The van der Waals surface area contributed by atoms with Crippen molar-refractivity contribution < 1.29 is 0 Å². The summed E-state index contributed by atoms with van der Waals surface area (Å²) in [6, 6.07) is 50.3. The molecule has 8 aromatic rings. The van der Waals surface area contributed by atoms with Crippen molar-refractivity contribution in [3.05, 3.63) is 145 Å². The molecule has 0 spiro atoms. The van der Waals surface area contributed by atoms with Crippen LogP contribution in [0.5, 0.6) is 0 Å². The Bertz CT molecular complexity index is 2250. The zero-order chi connectivity index (χ0) is 28.2. The van der Waals surface area contributed by atoms with E-state index in [9.17, 15) is 10.5 Å². The van der Waals surface area contributed by atoms with Crippen LogP contribution in [-0.4, -0.2) is 4.40 Å². The van der Waals surface area contributed by atoms with Crippen molar-refractivity contribution in [2.75, 3.05) is 4.90 Å². The molecule has 0 saturated heterocycles. The van der Waals surface area contributed by atoms with Gasteiger partial charge in [-0.05, 0) is 71.8 Å². The first-order valence-corrected chi connectivity index (χ1v) is 13.8. The van der Waals surface area contributed by atoms with Crippen molar-refractivity contribution in [2.45, 2.75) is 0 Å². The molecule has 6 aromatic carbocycles. The minimum atomic E-state index is 0.609. The van der Waals surface area contributed by atoms with E-state index in [2.05, 4.69) is 106 Å². The molecule has 4 nitrogen and oxygen atoms in total. The van der Waals surface area contributed by atoms with E-state index in [1.165, 1.54) is 11.1 Å². The summed E-state index contributed by atoms with van der Waals surface area (Å²) in [4.78, 5) is 2.29. The second-order valence-corrected chi connectivity index (χ2v) is 10.5. The molecule has 0 aliphatic carbocycles. The molecule has 0 aliphatic rings. The maximum atomic E-state index is 9.68. The van der Waals surface area contributed by atoms with Crippen molar-refractivity contribution >= 4 is 55.2 Å². The van der Waals surface area contributed by atoms with Crippen LogP contribution >= 0.6 is 0 Å². The number of nitriles is 2. The van der Waals surface area contributed by atoms with Gasteiger partial charge in [-0.1, -0.05) is 72.8 Å². The van der Waals surface area contributed by atoms with Crippen LogP contribution in [0, 0.1) is 22.7 Å². The fourth-order valence-corrected chi connectivity index (χ4v) is 6.26. The van der Waals surface area contributed by atoms with Gasteiger partial charge in [0.15, 0.2) is 0 Å². The lowest BCUT2D eigenvalue weighted by atomic mass is 10.0. The Morgan fingerprint density at radius 3 is 1.50 bits per heavy atom. The minimum Gasteiger partial charge on any atom is -0.310 e. The lowest BCUT2D eigenvalue weighted by molar-refractivity contribution is 1.29. The second-order valence-electron chi connectivity index (χ2n) is 10.5. The Balaban J connectivity index is 1.42. The van der Waals surface area contributed by atoms with Crippen LogP contribution in [0.3, 0.4) is 0 Å². The zero-order valence-electron chi connectivity index (χ0n) is 22.5. The molecule has 4 heteroatoms. The molecule has 0 amide bonds. The average molecular weight is 535 g/mol. The molecule has 42 heavy (non-hydrogen) atoms. The van der Waals surface area contributed by atoms with E-state index in [0.717, 1.165) is 55.2 Å². The largest absolute Gasteiger partial charge is 0.310 e. The first-order chi connectivity index (χ1) is 20.7. The Labute approximate surface area is 242 Å². The molecule has 0 saturated carbocycles. The van der Waals surface area contributed by atoms with Gasteiger partial charge in [0.25, 0.3) is 0 Å². The first kappa shape index (κ1) is 23.8. The topological polar surface area (TPSA) is 55.2 Å². The first-order valence-electron chi connectivity index (χ1n) is 13.8. The standard InChI is InChI=1S/C38H22N4/c39-23-25-11-17-32-34-21-31(22-35-33-18-12-26(24-40)20-37(33)42(38(34)35)36(32)19-25)41(29-9-5-2-6-10-29)30-15-13-28(14-16-30)27-7-3-1-4-8-27/h1-22H. The van der Waals surface area contributed by atoms with E-state index in [-0.39, 0.29) is 0 Å². The number of aromatic nitrogens is 1. The van der Waals surface area contributed by atoms with Gasteiger partial charge in [-0.3, -0.25) is 0 Å². The molecule has 0 bridgehead atoms. The lowest BCUT2D eigenvalue weighted by Crippen LogP contribution is -2.09. The maximum Gasteiger partial charge on any atom is 0.0992 e. The van der Waals surface area contributed by atoms with Crippen LogP contribution in [0.25, 0.3) is 49.2 Å². The van der Waals surface area contributed by atoms with Crippen molar-refractivity contribution in [3.63, 3.8) is 0 Å². The van der Waals surface area contributed by atoms with Gasteiger partial charge in [-0.25, -0.2) is 0 Å². The fourth-order valence-electron chi connectivity index (χ4n) is 6.26. The number of rotatable bonds is 4. The molecule has 2 heterocycles. The summed E-state index contributed by atoms with van der Waals surface area (Å²) < 4.78 is 2.21. The Morgan fingerprint density at radius 2 is 0.952 bits per heavy atom. The summed E-state index contributed by atoms with van der Waals surface area (Å²) in [5.41, 5.74) is 9.76. The van der Waals surface area contributed by atoms with E-state index >= 15 is 0 Å². The van der Waals surface area contributed by atoms with Crippen molar-refractivity contribution in [1.29, 1.82) is 10.5 Å². The highest BCUT2D eigenvalue weighted by Gasteiger charge is 2.22. The third-order valence-electron chi connectivity index (χ3n) is 8.14. The number of hydrogen-bond acceptors (Lipinski definition) is 3. The highest BCUT2D eigenvalue weighted by Crippen LogP contribution is 2.45. The number of hydrogen-bond donors (Lipinski definition) is 0. The summed E-state index contributed by atoms with van der Waals surface area (Å²) in [5, 5.41) is 23.7. The van der Waals surface area contributed by atoms with Crippen molar-refractivity contribution in [1.82, 2.24) is 4.40 Å². The molecule has 0 aliphatic heterocycles. The van der Waals surface area contributed by atoms with Crippen LogP contribution in [-0.2, 0) is 0 Å². The zero-order valence-corrected chi connectivity index (χ0v) is 22.5. The van der Waals surface area contributed by atoms with E-state index in [1.807, 2.05) is 48.5 Å². The van der Waals surface area contributed by atoms with Crippen LogP contribution in [0.15, 0.2) is 133 Å². The number of fused-ring (bicyclic) bond motifs is 6. The van der Waals surface area contributed by atoms with E-state index < -0.39 is 0 Å². The molecular weight excluding hydrogens is 512 g/mol. The molecular formula is C38H22N4. The monoisotopic (exact) mass is 534 g/mol. The van der Waals surface area contributed by atoms with Crippen LogP contribution in [0.1, 0.15) is 11.1 Å². The minimum absolute atomic E-state index is 0.609. The molecule has 0 fully saturated rings. The molecule has 0 N–H and O–H groups in total. The van der Waals surface area contributed by atoms with Gasteiger partial charge in [-0.15, -0.1) is 0 Å². The maximum absolute atomic E-state index is 9.68. The second kappa shape index (κ2) is 9.24. The smallest absolute Gasteiger partial charge is 0.0992 e. The predicted octanol–water partition coefficient (Wildman–Crippen LogP) is 9.72. The molecule has 0 radical (unpaired) electrons. The van der Waals surface area contributed by atoms with E-state index in [0.29, 0.717) is 11.1 Å². The third kappa shape index (κ3) is 3.53. The van der Waals surface area contributed by atoms with Gasteiger partial charge in [-0.2, -0.15) is 10.5 Å². The van der Waals surface area contributed by atoms with Gasteiger partial charge in [0.05, 0.1) is 39.8 Å². The van der Waals surface area contributed by atoms with Crippen molar-refractivity contribution in [3.8, 4) is 23.3 Å². The summed E-state index contributed by atoms with van der Waals surface area (Å²) in [6.45, 7) is 0. The molecule has 2 aromatic heterocycles. The molecule has 0 atom stereocenters. The number of benzene rings is 6. The van der Waals surface area contributed by atoms with Gasteiger partial charge in [0.2, 0.25) is 0 Å². The normalized spacial score (nSPS) is 11.3. The fraction of sp³-hybridized carbons (Fsp3) is 0. The van der Waals surface area contributed by atoms with Gasteiger partial charge < -0.3 is 9.30 Å². The summed E-state index contributed by atoms with van der Waals surface area (Å²) >= 11 is 0. The third-order valence-corrected chi connectivity index (χ3v) is 8.14. The molecule has 8 rings (SSSR count). The van der Waals surface area contributed by atoms with E-state index in [4.69, 9.17) is 0 Å². The lowest BCUT2D eigenvalue weighted by Gasteiger charge is -2.26. The average Bonchev–Trinajstić information content (AvgIpc) is 3.56. The highest BCUT2D eigenvalue weighted by atomic mass is 15.1. The van der Waals surface area contributed by atoms with Crippen molar-refractivity contribution in [2.24, 2.45) is 0 Å². The SMILES string of the molecule is N#Cc1ccc2c3cc(N(c4ccccc4)c4ccc(-c5ccccc5)cc4)cc4c5ccc(C#N)cc5n(c2c1)c34. The number of anilines is 3. The molecule has 194 valence electrons. The Kier molecular flexibility index (Phi) is 5.22. The van der Waals surface area contributed by atoms with Crippen LogP contribution in [0.2, 0.25) is 0 Å². The summed E-state index contributed by atoms with van der Waals surface area (Å²) in [5.74, 6) is 0. The highest BCUT2D eigenvalue weighted by molar-refractivity contribution is 6.24. The van der Waals surface area contributed by atoms with E-state index in [1.54, 1.807) is 0 Å². The quantitative estimate of drug-likeness (QED) is 0.226. The number of para-hydroxylation sites is 1. The van der Waals surface area contributed by atoms with Crippen LogP contribution < -0.4 is 4.90 Å². The Hall–Kier alpha value is -6.10. The Morgan fingerprint density at radius 1 is 0.452 bits per heavy atom. The molecule has 0 unspecified atom stereocenters. The number of nitrogens with zero attached hydrogens (tertiary/aromatic N) is 4. The van der Waals surface area contributed by atoms with Crippen LogP contribution in [0.4, 0.5) is 17.1 Å². The summed E-state index contributed by atoms with van der Waals surface area (Å²) in [7, 11) is 0.